The Labute approximate surface area is 125 Å². The normalized spacial score (nSPS) is 10.8. The minimum absolute atomic E-state index is 0.209. The van der Waals surface area contributed by atoms with E-state index in [9.17, 15) is 4.39 Å². The molecule has 1 N–H and O–H groups in total. The number of pyridine rings is 1. The summed E-state index contributed by atoms with van der Waals surface area (Å²) in [7, 11) is 1.90. The lowest BCUT2D eigenvalue weighted by Crippen LogP contribution is -2.26. The van der Waals surface area contributed by atoms with Crippen molar-refractivity contribution in [1.29, 1.82) is 0 Å². The van der Waals surface area contributed by atoms with Crippen LogP contribution in [0.1, 0.15) is 25.0 Å². The van der Waals surface area contributed by atoms with Crippen LogP contribution in [0, 0.1) is 12.7 Å². The Hall–Kier alpha value is -2.10. The Balaban J connectivity index is 2.09. The summed E-state index contributed by atoms with van der Waals surface area (Å²) in [6.07, 6.45) is 3.61. The number of aromatic nitrogens is 1. The van der Waals surface area contributed by atoms with Crippen LogP contribution in [0.3, 0.4) is 0 Å². The van der Waals surface area contributed by atoms with E-state index in [0.29, 0.717) is 12.2 Å². The number of nitrogens with one attached hydrogen (secondary N) is 1. The summed E-state index contributed by atoms with van der Waals surface area (Å²) < 4.78 is 14.2. The maximum absolute atomic E-state index is 14.2. The lowest BCUT2D eigenvalue weighted by molar-refractivity contribution is 0.614. The van der Waals surface area contributed by atoms with Gasteiger partial charge in [0, 0.05) is 37.7 Å². The summed E-state index contributed by atoms with van der Waals surface area (Å²) in [5.41, 5.74) is 3.68. The zero-order chi connectivity index (χ0) is 15.4. The Bertz CT molecular complexity index is 611. The molecule has 112 valence electrons. The van der Waals surface area contributed by atoms with Gasteiger partial charge in [-0.15, -0.1) is 0 Å². The molecule has 1 aromatic heterocycles. The van der Waals surface area contributed by atoms with Crippen LogP contribution < -0.4 is 10.2 Å². The van der Waals surface area contributed by atoms with Gasteiger partial charge in [0.05, 0.1) is 5.69 Å². The van der Waals surface area contributed by atoms with Crippen molar-refractivity contribution >= 4 is 11.4 Å². The van der Waals surface area contributed by atoms with E-state index in [1.165, 1.54) is 5.56 Å². The van der Waals surface area contributed by atoms with Gasteiger partial charge in [-0.2, -0.15) is 0 Å². The van der Waals surface area contributed by atoms with Crippen LogP contribution in [0.2, 0.25) is 0 Å². The molecule has 2 rings (SSSR count). The zero-order valence-electron chi connectivity index (χ0n) is 13.0. The minimum Gasteiger partial charge on any atom is -0.381 e. The molecule has 0 atom stereocenters. The van der Waals surface area contributed by atoms with E-state index in [1.54, 1.807) is 12.3 Å². The molecule has 21 heavy (non-hydrogen) atoms. The van der Waals surface area contributed by atoms with Crippen LogP contribution in [0.5, 0.6) is 0 Å². The van der Waals surface area contributed by atoms with Gasteiger partial charge in [0.2, 0.25) is 0 Å². The van der Waals surface area contributed by atoms with Crippen LogP contribution in [0.15, 0.2) is 36.7 Å². The first kappa shape index (κ1) is 15.3. The summed E-state index contributed by atoms with van der Waals surface area (Å²) in [6, 6.07) is 7.49. The van der Waals surface area contributed by atoms with Gasteiger partial charge in [0.15, 0.2) is 0 Å². The van der Waals surface area contributed by atoms with Crippen molar-refractivity contribution in [2.45, 2.75) is 33.4 Å². The second kappa shape index (κ2) is 6.57. The van der Waals surface area contributed by atoms with Crippen molar-refractivity contribution in [1.82, 2.24) is 4.98 Å². The summed E-state index contributed by atoms with van der Waals surface area (Å²) in [5.74, 6) is -0.209. The third-order valence-corrected chi connectivity index (χ3v) is 3.73. The number of anilines is 2. The standard InChI is InChI=1S/C17H22FN3/c1-12(2)21(4)17-6-5-15(9-16(17)18)20-11-14-10-19-8-7-13(14)3/h5-10,12,20H,11H2,1-4H3. The van der Waals surface area contributed by atoms with Gasteiger partial charge in [-0.25, -0.2) is 4.39 Å². The highest BCUT2D eigenvalue weighted by Crippen LogP contribution is 2.23. The lowest BCUT2D eigenvalue weighted by Gasteiger charge is -2.24. The van der Waals surface area contributed by atoms with E-state index in [1.807, 2.05) is 57.1 Å². The Morgan fingerprint density at radius 1 is 1.29 bits per heavy atom. The van der Waals surface area contributed by atoms with Crippen molar-refractivity contribution in [3.63, 3.8) is 0 Å². The third kappa shape index (κ3) is 3.72. The van der Waals surface area contributed by atoms with Crippen molar-refractivity contribution in [3.8, 4) is 0 Å². The van der Waals surface area contributed by atoms with Gasteiger partial charge in [-0.1, -0.05) is 0 Å². The van der Waals surface area contributed by atoms with Crippen LogP contribution in [0.25, 0.3) is 0 Å². The number of nitrogens with zero attached hydrogens (tertiary/aromatic N) is 2. The highest BCUT2D eigenvalue weighted by molar-refractivity contribution is 5.56. The van der Waals surface area contributed by atoms with E-state index >= 15 is 0 Å². The van der Waals surface area contributed by atoms with E-state index in [0.717, 1.165) is 11.3 Å². The molecule has 3 nitrogen and oxygen atoms in total. The summed E-state index contributed by atoms with van der Waals surface area (Å²) in [4.78, 5) is 6.03. The molecule has 0 saturated carbocycles. The zero-order valence-corrected chi connectivity index (χ0v) is 13.0. The fraction of sp³-hybridized carbons (Fsp3) is 0.353. The number of aryl methyl sites for hydroxylation is 1. The van der Waals surface area contributed by atoms with Gasteiger partial charge in [0.25, 0.3) is 0 Å². The first-order valence-electron chi connectivity index (χ1n) is 7.14. The predicted octanol–water partition coefficient (Wildman–Crippen LogP) is 3.99. The molecule has 0 fully saturated rings. The second-order valence-corrected chi connectivity index (χ2v) is 5.53. The van der Waals surface area contributed by atoms with Crippen molar-refractivity contribution in [3.05, 3.63) is 53.6 Å². The molecule has 0 bridgehead atoms. The predicted molar refractivity (Wildman–Crippen MR) is 86.2 cm³/mol. The molecule has 0 spiro atoms. The van der Waals surface area contributed by atoms with Gasteiger partial charge in [-0.05, 0) is 56.2 Å². The number of rotatable bonds is 5. The average Bonchev–Trinajstić information content (AvgIpc) is 2.46. The SMILES string of the molecule is Cc1ccncc1CNc1ccc(N(C)C(C)C)c(F)c1. The quantitative estimate of drug-likeness (QED) is 0.901. The molecular formula is C17H22FN3. The van der Waals surface area contributed by atoms with Gasteiger partial charge < -0.3 is 10.2 Å². The molecule has 0 saturated heterocycles. The first-order chi connectivity index (χ1) is 9.99. The van der Waals surface area contributed by atoms with Gasteiger partial charge in [0.1, 0.15) is 5.82 Å². The monoisotopic (exact) mass is 287 g/mol. The van der Waals surface area contributed by atoms with Crippen molar-refractivity contribution in [2.75, 3.05) is 17.3 Å². The molecule has 0 aliphatic heterocycles. The van der Waals surface area contributed by atoms with Gasteiger partial charge in [-0.3, -0.25) is 4.98 Å². The Kier molecular flexibility index (Phi) is 4.78. The van der Waals surface area contributed by atoms with Crippen LogP contribution in [0.4, 0.5) is 15.8 Å². The second-order valence-electron chi connectivity index (χ2n) is 5.53. The molecule has 1 aromatic carbocycles. The van der Waals surface area contributed by atoms with Crippen LogP contribution in [-0.4, -0.2) is 18.1 Å². The number of hydrogen-bond acceptors (Lipinski definition) is 3. The maximum Gasteiger partial charge on any atom is 0.148 e. The topological polar surface area (TPSA) is 28.2 Å². The van der Waals surface area contributed by atoms with E-state index in [4.69, 9.17) is 0 Å². The minimum atomic E-state index is -0.209. The molecule has 2 aromatic rings. The molecule has 0 unspecified atom stereocenters. The maximum atomic E-state index is 14.2. The Morgan fingerprint density at radius 2 is 2.05 bits per heavy atom. The molecule has 4 heteroatoms. The molecular weight excluding hydrogens is 265 g/mol. The molecule has 0 aliphatic carbocycles. The molecule has 1 heterocycles. The summed E-state index contributed by atoms with van der Waals surface area (Å²) in [5, 5.41) is 3.24. The van der Waals surface area contributed by atoms with Crippen molar-refractivity contribution < 1.29 is 4.39 Å². The molecule has 0 radical (unpaired) electrons. The number of benzene rings is 1. The fourth-order valence-electron chi connectivity index (χ4n) is 2.06. The fourth-order valence-corrected chi connectivity index (χ4v) is 2.06. The van der Waals surface area contributed by atoms with E-state index < -0.39 is 0 Å². The molecule has 0 aliphatic rings. The van der Waals surface area contributed by atoms with E-state index in [2.05, 4.69) is 10.3 Å². The largest absolute Gasteiger partial charge is 0.381 e. The number of halogens is 1. The van der Waals surface area contributed by atoms with E-state index in [-0.39, 0.29) is 11.9 Å². The average molecular weight is 287 g/mol. The number of hydrogen-bond donors (Lipinski definition) is 1. The smallest absolute Gasteiger partial charge is 0.148 e. The lowest BCUT2D eigenvalue weighted by atomic mass is 10.1. The van der Waals surface area contributed by atoms with Gasteiger partial charge >= 0.3 is 0 Å². The highest BCUT2D eigenvalue weighted by Gasteiger charge is 2.11. The first-order valence-corrected chi connectivity index (χ1v) is 7.14. The van der Waals surface area contributed by atoms with Crippen molar-refractivity contribution in [2.24, 2.45) is 0 Å². The molecule has 0 amide bonds. The highest BCUT2D eigenvalue weighted by atomic mass is 19.1. The third-order valence-electron chi connectivity index (χ3n) is 3.73. The van der Waals surface area contributed by atoms with Crippen LogP contribution >= 0.6 is 0 Å². The summed E-state index contributed by atoms with van der Waals surface area (Å²) >= 11 is 0. The summed E-state index contributed by atoms with van der Waals surface area (Å²) in [6.45, 7) is 6.76. The Morgan fingerprint density at radius 3 is 2.67 bits per heavy atom. The van der Waals surface area contributed by atoms with Crippen LogP contribution in [-0.2, 0) is 6.54 Å².